The quantitative estimate of drug-likeness (QED) is 0.535. The standard InChI is InChI=1S/C4H9IN2O/c1-2-3(7-5)4(6)8/h3,7H,2H2,1H3,(H2,6,8). The Kier molecular flexibility index (Phi) is 4.16. The monoisotopic (exact) mass is 228 g/mol. The summed E-state index contributed by atoms with van der Waals surface area (Å²) in [5, 5.41) is 0. The van der Waals surface area contributed by atoms with Crippen molar-refractivity contribution in [1.82, 2.24) is 3.53 Å². The molecule has 0 saturated carbocycles. The third-order valence-corrected chi connectivity index (χ3v) is 1.64. The number of halogens is 1. The van der Waals surface area contributed by atoms with Crippen LogP contribution >= 0.6 is 22.9 Å². The molecule has 0 rings (SSSR count). The van der Waals surface area contributed by atoms with E-state index in [4.69, 9.17) is 5.73 Å². The predicted molar refractivity (Wildman–Crippen MR) is 40.4 cm³/mol. The van der Waals surface area contributed by atoms with E-state index in [0.29, 0.717) is 0 Å². The van der Waals surface area contributed by atoms with Gasteiger partial charge in [0.2, 0.25) is 5.91 Å². The molecule has 0 aliphatic carbocycles. The van der Waals surface area contributed by atoms with Crippen molar-refractivity contribution < 1.29 is 4.79 Å². The summed E-state index contributed by atoms with van der Waals surface area (Å²) < 4.78 is 2.75. The van der Waals surface area contributed by atoms with E-state index in [2.05, 4.69) is 3.53 Å². The average Bonchev–Trinajstić information content (AvgIpc) is 1.69. The van der Waals surface area contributed by atoms with Crippen LogP contribution in [0.15, 0.2) is 0 Å². The molecule has 0 spiro atoms. The first-order valence-corrected chi connectivity index (χ1v) is 3.45. The number of nitrogens with two attached hydrogens (primary N) is 1. The first-order valence-electron chi connectivity index (χ1n) is 2.37. The molecule has 48 valence electrons. The average molecular weight is 228 g/mol. The highest BCUT2D eigenvalue weighted by molar-refractivity contribution is 14.1. The highest BCUT2D eigenvalue weighted by Crippen LogP contribution is 1.90. The smallest absolute Gasteiger partial charge is 0.235 e. The largest absolute Gasteiger partial charge is 0.368 e. The summed E-state index contributed by atoms with van der Waals surface area (Å²) in [5.74, 6) is -0.290. The van der Waals surface area contributed by atoms with Gasteiger partial charge in [0.1, 0.15) is 0 Å². The first-order chi connectivity index (χ1) is 3.72. The molecule has 0 radical (unpaired) electrons. The highest BCUT2D eigenvalue weighted by Gasteiger charge is 2.08. The lowest BCUT2D eigenvalue weighted by Gasteiger charge is -2.04. The lowest BCUT2D eigenvalue weighted by atomic mass is 10.2. The van der Waals surface area contributed by atoms with E-state index in [1.165, 1.54) is 0 Å². The van der Waals surface area contributed by atoms with E-state index in [1.807, 2.05) is 29.8 Å². The third-order valence-electron chi connectivity index (χ3n) is 0.883. The minimum Gasteiger partial charge on any atom is -0.368 e. The number of carbonyl (C=O) groups excluding carboxylic acids is 1. The van der Waals surface area contributed by atoms with Gasteiger partial charge in [0.25, 0.3) is 0 Å². The second-order valence-corrected chi connectivity index (χ2v) is 2.10. The number of rotatable bonds is 3. The van der Waals surface area contributed by atoms with E-state index in [-0.39, 0.29) is 11.9 Å². The normalized spacial score (nSPS) is 13.2. The Morgan fingerprint density at radius 3 is 2.50 bits per heavy atom. The van der Waals surface area contributed by atoms with Crippen LogP contribution in [0.1, 0.15) is 13.3 Å². The number of nitrogens with one attached hydrogen (secondary N) is 1. The molecular weight excluding hydrogens is 219 g/mol. The fraction of sp³-hybridized carbons (Fsp3) is 0.750. The van der Waals surface area contributed by atoms with Gasteiger partial charge in [-0.25, -0.2) is 3.53 Å². The minimum absolute atomic E-state index is 0.171. The molecule has 0 aromatic rings. The van der Waals surface area contributed by atoms with Crippen molar-refractivity contribution in [2.75, 3.05) is 0 Å². The Morgan fingerprint density at radius 2 is 2.50 bits per heavy atom. The maximum Gasteiger partial charge on any atom is 0.235 e. The molecule has 1 atom stereocenters. The maximum atomic E-state index is 10.3. The molecule has 0 fully saturated rings. The molecule has 3 N–H and O–H groups in total. The van der Waals surface area contributed by atoms with Gasteiger partial charge in [-0.05, 0) is 6.42 Å². The van der Waals surface area contributed by atoms with Gasteiger partial charge in [-0.15, -0.1) is 0 Å². The molecule has 0 saturated heterocycles. The summed E-state index contributed by atoms with van der Waals surface area (Å²) in [6, 6.07) is -0.171. The Hall–Kier alpha value is 0.160. The molecule has 3 nitrogen and oxygen atoms in total. The molecule has 0 aromatic carbocycles. The number of hydrogen-bond acceptors (Lipinski definition) is 2. The number of primary amides is 1. The van der Waals surface area contributed by atoms with Gasteiger partial charge in [-0.2, -0.15) is 0 Å². The van der Waals surface area contributed by atoms with Crippen molar-refractivity contribution in [2.45, 2.75) is 19.4 Å². The second-order valence-electron chi connectivity index (χ2n) is 1.47. The second kappa shape index (κ2) is 4.08. The van der Waals surface area contributed by atoms with Gasteiger partial charge in [0.05, 0.1) is 6.04 Å². The van der Waals surface area contributed by atoms with Crippen LogP contribution in [0, 0.1) is 0 Å². The molecule has 0 aromatic heterocycles. The van der Waals surface area contributed by atoms with Crippen molar-refractivity contribution in [3.63, 3.8) is 0 Å². The lowest BCUT2D eigenvalue weighted by molar-refractivity contribution is -0.119. The molecule has 1 amide bonds. The van der Waals surface area contributed by atoms with Crippen molar-refractivity contribution >= 4 is 28.8 Å². The molecule has 0 bridgehead atoms. The van der Waals surface area contributed by atoms with Crippen molar-refractivity contribution in [3.05, 3.63) is 0 Å². The zero-order valence-electron chi connectivity index (χ0n) is 4.65. The number of carbonyl (C=O) groups is 1. The summed E-state index contributed by atoms with van der Waals surface area (Å²) in [4.78, 5) is 10.3. The molecule has 0 aliphatic rings. The van der Waals surface area contributed by atoms with Crippen LogP contribution in [0.2, 0.25) is 0 Å². The van der Waals surface area contributed by atoms with Gasteiger partial charge < -0.3 is 5.73 Å². The van der Waals surface area contributed by atoms with E-state index in [9.17, 15) is 4.79 Å². The fourth-order valence-electron chi connectivity index (χ4n) is 0.332. The van der Waals surface area contributed by atoms with Crippen LogP contribution in [-0.4, -0.2) is 11.9 Å². The van der Waals surface area contributed by atoms with Crippen molar-refractivity contribution in [1.29, 1.82) is 0 Å². The summed E-state index contributed by atoms with van der Waals surface area (Å²) >= 11 is 1.91. The lowest BCUT2D eigenvalue weighted by Crippen LogP contribution is -2.35. The zero-order chi connectivity index (χ0) is 6.57. The SMILES string of the molecule is CCC(NI)C(N)=O. The number of hydrogen-bond donors (Lipinski definition) is 2. The molecule has 1 unspecified atom stereocenters. The molecule has 8 heavy (non-hydrogen) atoms. The van der Waals surface area contributed by atoms with Crippen molar-refractivity contribution in [2.24, 2.45) is 5.73 Å². The summed E-state index contributed by atoms with van der Waals surface area (Å²) in [7, 11) is 0. The van der Waals surface area contributed by atoms with Crippen LogP contribution in [0.4, 0.5) is 0 Å². The highest BCUT2D eigenvalue weighted by atomic mass is 127. The fourth-order valence-corrected chi connectivity index (χ4v) is 1.08. The van der Waals surface area contributed by atoms with Gasteiger partial charge >= 0.3 is 0 Å². The Morgan fingerprint density at radius 1 is 2.00 bits per heavy atom. The van der Waals surface area contributed by atoms with Gasteiger partial charge in [-0.3, -0.25) is 4.79 Å². The van der Waals surface area contributed by atoms with Crippen molar-refractivity contribution in [3.8, 4) is 0 Å². The summed E-state index contributed by atoms with van der Waals surface area (Å²) in [6.07, 6.45) is 0.748. The zero-order valence-corrected chi connectivity index (χ0v) is 6.81. The van der Waals surface area contributed by atoms with E-state index >= 15 is 0 Å². The van der Waals surface area contributed by atoms with Crippen LogP contribution in [0.5, 0.6) is 0 Å². The molecule has 0 aliphatic heterocycles. The number of amides is 1. The summed E-state index contributed by atoms with van der Waals surface area (Å²) in [6.45, 7) is 1.90. The Labute approximate surface area is 62.5 Å². The van der Waals surface area contributed by atoms with Crippen LogP contribution in [0.25, 0.3) is 0 Å². The topological polar surface area (TPSA) is 55.1 Å². The van der Waals surface area contributed by atoms with E-state index in [1.54, 1.807) is 0 Å². The summed E-state index contributed by atoms with van der Waals surface area (Å²) in [5.41, 5.74) is 4.95. The maximum absolute atomic E-state index is 10.3. The van der Waals surface area contributed by atoms with Crippen LogP contribution in [0.3, 0.4) is 0 Å². The third kappa shape index (κ3) is 2.46. The van der Waals surface area contributed by atoms with E-state index in [0.717, 1.165) is 6.42 Å². The Balaban J connectivity index is 3.52. The van der Waals surface area contributed by atoms with Gasteiger partial charge in [0, 0.05) is 22.9 Å². The van der Waals surface area contributed by atoms with Gasteiger partial charge in [-0.1, -0.05) is 6.92 Å². The van der Waals surface area contributed by atoms with Crippen LogP contribution in [-0.2, 0) is 4.79 Å². The Bertz CT molecular complexity index is 82.1. The predicted octanol–water partition coefficient (Wildman–Crippen LogP) is 0.190. The molecule has 4 heteroatoms. The molecular formula is C4H9IN2O. The minimum atomic E-state index is -0.290. The van der Waals surface area contributed by atoms with Gasteiger partial charge in [0.15, 0.2) is 0 Å². The first kappa shape index (κ1) is 8.16. The molecule has 0 heterocycles. The van der Waals surface area contributed by atoms with E-state index < -0.39 is 0 Å². The van der Waals surface area contributed by atoms with Crippen LogP contribution < -0.4 is 9.26 Å².